The number of sulfonamides is 1. The summed E-state index contributed by atoms with van der Waals surface area (Å²) in [5, 5.41) is 8.60. The second-order valence-corrected chi connectivity index (χ2v) is 7.22. The maximum Gasteiger partial charge on any atom is 0.303 e. The fraction of sp³-hybridized carbons (Fsp3) is 0.357. The van der Waals surface area contributed by atoms with Gasteiger partial charge in [0.15, 0.2) is 0 Å². The third-order valence-corrected chi connectivity index (χ3v) is 5.08. The predicted octanol–water partition coefficient (Wildman–Crippen LogP) is 1.90. The minimum Gasteiger partial charge on any atom is -0.481 e. The van der Waals surface area contributed by atoms with Crippen molar-refractivity contribution in [1.29, 1.82) is 0 Å². The van der Waals surface area contributed by atoms with E-state index in [0.717, 1.165) is 11.3 Å². The molecule has 0 saturated heterocycles. The Kier molecular flexibility index (Phi) is 7.49. The zero-order valence-corrected chi connectivity index (χ0v) is 13.3. The Labute approximate surface area is 129 Å². The van der Waals surface area contributed by atoms with Gasteiger partial charge in [-0.3, -0.25) is 4.79 Å². The first kappa shape index (κ1) is 17.7. The van der Waals surface area contributed by atoms with Gasteiger partial charge in [0.2, 0.25) is 10.0 Å². The van der Waals surface area contributed by atoms with Crippen LogP contribution in [0.4, 0.5) is 0 Å². The number of carboxylic acids is 1. The summed E-state index contributed by atoms with van der Waals surface area (Å²) in [5.74, 6) is 0.604. The van der Waals surface area contributed by atoms with E-state index < -0.39 is 16.0 Å². The molecule has 0 aromatic heterocycles. The molecule has 7 heteroatoms. The Balaban J connectivity index is 2.54. The van der Waals surface area contributed by atoms with Crippen molar-refractivity contribution in [3.63, 3.8) is 0 Å². The molecule has 21 heavy (non-hydrogen) atoms. The van der Waals surface area contributed by atoms with Gasteiger partial charge >= 0.3 is 5.97 Å². The molecule has 0 aliphatic heterocycles. The predicted molar refractivity (Wildman–Crippen MR) is 85.1 cm³/mol. The molecular weight excluding hydrogens is 310 g/mol. The quantitative estimate of drug-likeness (QED) is 0.506. The van der Waals surface area contributed by atoms with E-state index in [1.54, 1.807) is 30.0 Å². The fourth-order valence-electron chi connectivity index (χ4n) is 1.58. The fourth-order valence-corrected chi connectivity index (χ4v) is 3.33. The van der Waals surface area contributed by atoms with Crippen LogP contribution in [0.2, 0.25) is 0 Å². The average Bonchev–Trinajstić information content (AvgIpc) is 2.45. The lowest BCUT2D eigenvalue weighted by Crippen LogP contribution is -2.26. The maximum absolute atomic E-state index is 12.0. The second kappa shape index (κ2) is 8.86. The summed E-state index contributed by atoms with van der Waals surface area (Å²) in [6.07, 6.45) is 2.20. The molecule has 0 aliphatic carbocycles. The van der Waals surface area contributed by atoms with Crippen LogP contribution in [0, 0.1) is 0 Å². The van der Waals surface area contributed by atoms with Crippen molar-refractivity contribution in [3.05, 3.63) is 42.5 Å². The van der Waals surface area contributed by atoms with Crippen molar-refractivity contribution in [3.8, 4) is 0 Å². The van der Waals surface area contributed by atoms with Crippen LogP contribution >= 0.6 is 11.8 Å². The summed E-state index contributed by atoms with van der Waals surface area (Å²) >= 11 is 1.60. The van der Waals surface area contributed by atoms with E-state index in [9.17, 15) is 13.2 Å². The summed E-state index contributed by atoms with van der Waals surface area (Å²) in [4.78, 5) is 10.7. The van der Waals surface area contributed by atoms with Crippen molar-refractivity contribution in [2.24, 2.45) is 0 Å². The summed E-state index contributed by atoms with van der Waals surface area (Å²) < 4.78 is 26.5. The van der Waals surface area contributed by atoms with Crippen LogP contribution in [0.5, 0.6) is 0 Å². The molecule has 116 valence electrons. The van der Waals surface area contributed by atoms with Crippen LogP contribution < -0.4 is 4.72 Å². The molecule has 0 bridgehead atoms. The van der Waals surface area contributed by atoms with E-state index in [2.05, 4.69) is 11.3 Å². The molecule has 0 unspecified atom stereocenters. The van der Waals surface area contributed by atoms with Gasteiger partial charge < -0.3 is 5.11 Å². The molecule has 5 nitrogen and oxygen atoms in total. The molecular formula is C14H19NO4S2. The van der Waals surface area contributed by atoms with Crippen LogP contribution in [0.3, 0.4) is 0 Å². The number of carbonyl (C=O) groups is 1. The summed E-state index contributed by atoms with van der Waals surface area (Å²) in [6, 6.07) is 6.28. The molecule has 0 radical (unpaired) electrons. The number of benzene rings is 1. The third-order valence-electron chi connectivity index (χ3n) is 2.64. The molecule has 1 rings (SSSR count). The minimum atomic E-state index is -3.50. The lowest BCUT2D eigenvalue weighted by molar-refractivity contribution is -0.136. The van der Waals surface area contributed by atoms with Crippen LogP contribution in [-0.2, 0) is 21.2 Å². The molecule has 0 saturated carbocycles. The molecule has 0 spiro atoms. The Hall–Kier alpha value is -1.31. The third kappa shape index (κ3) is 6.79. The first-order valence-corrected chi connectivity index (χ1v) is 9.08. The van der Waals surface area contributed by atoms with Crippen molar-refractivity contribution in [1.82, 2.24) is 4.72 Å². The number of thioether (sulfide) groups is 1. The Morgan fingerprint density at radius 2 is 2.00 bits per heavy atom. The highest BCUT2D eigenvalue weighted by Gasteiger charge is 2.12. The van der Waals surface area contributed by atoms with E-state index in [1.807, 2.05) is 0 Å². The van der Waals surface area contributed by atoms with Crippen LogP contribution in [0.25, 0.3) is 0 Å². The van der Waals surface area contributed by atoms with Crippen LogP contribution in [0.1, 0.15) is 12.0 Å². The number of hydrogen-bond donors (Lipinski definition) is 2. The van der Waals surface area contributed by atoms with Gasteiger partial charge in [-0.25, -0.2) is 13.1 Å². The molecule has 0 atom stereocenters. The van der Waals surface area contributed by atoms with Crippen LogP contribution in [0.15, 0.2) is 41.8 Å². The zero-order valence-electron chi connectivity index (χ0n) is 11.6. The SMILES string of the molecule is C=CCSCCNS(=O)(=O)c1ccc(CCC(=O)O)cc1. The topological polar surface area (TPSA) is 83.5 Å². The molecule has 1 aromatic carbocycles. The first-order chi connectivity index (χ1) is 9.95. The lowest BCUT2D eigenvalue weighted by atomic mass is 10.1. The van der Waals surface area contributed by atoms with Crippen LogP contribution in [-0.4, -0.2) is 37.5 Å². The van der Waals surface area contributed by atoms with E-state index >= 15 is 0 Å². The van der Waals surface area contributed by atoms with E-state index in [-0.39, 0.29) is 11.3 Å². The largest absolute Gasteiger partial charge is 0.481 e. The normalized spacial score (nSPS) is 11.2. The highest BCUT2D eigenvalue weighted by Crippen LogP contribution is 2.12. The molecule has 0 aliphatic rings. The summed E-state index contributed by atoms with van der Waals surface area (Å²) in [7, 11) is -3.50. The summed E-state index contributed by atoms with van der Waals surface area (Å²) in [5.41, 5.74) is 0.804. The number of carboxylic acid groups (broad SMARTS) is 1. The Morgan fingerprint density at radius 3 is 2.57 bits per heavy atom. The molecule has 0 amide bonds. The van der Waals surface area contributed by atoms with Gasteiger partial charge in [-0.2, -0.15) is 11.8 Å². The van der Waals surface area contributed by atoms with Gasteiger partial charge in [0.1, 0.15) is 0 Å². The van der Waals surface area contributed by atoms with Crippen molar-refractivity contribution < 1.29 is 18.3 Å². The van der Waals surface area contributed by atoms with Gasteiger partial charge in [-0.05, 0) is 24.1 Å². The highest BCUT2D eigenvalue weighted by atomic mass is 32.2. The summed E-state index contributed by atoms with van der Waals surface area (Å²) in [6.45, 7) is 3.96. The number of aliphatic carboxylic acids is 1. The van der Waals surface area contributed by atoms with Crippen molar-refractivity contribution in [2.45, 2.75) is 17.7 Å². The van der Waals surface area contributed by atoms with Gasteiger partial charge in [0.05, 0.1) is 4.90 Å². The van der Waals surface area contributed by atoms with Crippen molar-refractivity contribution in [2.75, 3.05) is 18.1 Å². The van der Waals surface area contributed by atoms with Gasteiger partial charge in [0, 0.05) is 24.5 Å². The number of rotatable bonds is 10. The molecule has 0 fully saturated rings. The molecule has 0 heterocycles. The van der Waals surface area contributed by atoms with Gasteiger partial charge in [0.25, 0.3) is 0 Å². The standard InChI is InChI=1S/C14H19NO4S2/c1-2-10-20-11-9-15-21(18,19)13-6-3-12(4-7-13)5-8-14(16)17/h2-4,6-7,15H,1,5,8-11H2,(H,16,17). The number of hydrogen-bond acceptors (Lipinski definition) is 4. The first-order valence-electron chi connectivity index (χ1n) is 6.45. The molecule has 1 aromatic rings. The Bertz CT molecular complexity index is 567. The second-order valence-electron chi connectivity index (χ2n) is 4.30. The lowest BCUT2D eigenvalue weighted by Gasteiger charge is -2.07. The smallest absolute Gasteiger partial charge is 0.303 e. The number of aryl methyl sites for hydroxylation is 1. The monoisotopic (exact) mass is 329 g/mol. The van der Waals surface area contributed by atoms with Crippen molar-refractivity contribution >= 4 is 27.8 Å². The van der Waals surface area contributed by atoms with E-state index in [1.165, 1.54) is 12.1 Å². The zero-order chi connectivity index (χ0) is 15.7. The maximum atomic E-state index is 12.0. The van der Waals surface area contributed by atoms with E-state index in [4.69, 9.17) is 5.11 Å². The minimum absolute atomic E-state index is 0.0326. The van der Waals surface area contributed by atoms with Gasteiger partial charge in [-0.15, -0.1) is 6.58 Å². The van der Waals surface area contributed by atoms with E-state index in [0.29, 0.717) is 18.7 Å². The van der Waals surface area contributed by atoms with Gasteiger partial charge in [-0.1, -0.05) is 18.2 Å². The highest BCUT2D eigenvalue weighted by molar-refractivity contribution is 7.99. The molecule has 2 N–H and O–H groups in total. The Morgan fingerprint density at radius 1 is 1.33 bits per heavy atom. The average molecular weight is 329 g/mol. The number of nitrogens with one attached hydrogen (secondary N) is 1.